The summed E-state index contributed by atoms with van der Waals surface area (Å²) in [5, 5.41) is 0. The molecule has 0 unspecified atom stereocenters. The minimum absolute atomic E-state index is 0.00797. The van der Waals surface area contributed by atoms with Crippen LogP contribution in [0.4, 0.5) is 4.79 Å². The Morgan fingerprint density at radius 3 is 2.70 bits per heavy atom. The normalized spacial score (nSPS) is 11.8. The molecule has 0 N–H and O–H groups in total. The average Bonchev–Trinajstić information content (AvgIpc) is 3.36. The number of carbonyl (C=O) groups excluding carboxylic acids is 3. The standard InChI is InChI=1S/C19H25N3O5/c1-3-6-15(13-27-17(23)7-4-2)18(24)22(12-16-8-5-11-26-16)19(25)21-10-9-20-14-21/h5,8-11,14-15H,3-4,6-7,12-13H2,1-2H3/t15-/m1/s1. The molecule has 0 spiro atoms. The molecule has 0 fully saturated rings. The molecule has 146 valence electrons. The van der Waals surface area contributed by atoms with Crippen molar-refractivity contribution in [3.8, 4) is 0 Å². The first-order chi connectivity index (χ1) is 13.1. The Morgan fingerprint density at radius 1 is 1.30 bits per heavy atom. The third kappa shape index (κ3) is 5.80. The number of nitrogens with zero attached hydrogens (tertiary/aromatic N) is 3. The van der Waals surface area contributed by atoms with Crippen LogP contribution in [0.25, 0.3) is 0 Å². The average molecular weight is 375 g/mol. The van der Waals surface area contributed by atoms with Crippen molar-refractivity contribution < 1.29 is 23.5 Å². The zero-order valence-corrected chi connectivity index (χ0v) is 15.7. The molecule has 0 bridgehead atoms. The lowest BCUT2D eigenvalue weighted by Crippen LogP contribution is -2.43. The van der Waals surface area contributed by atoms with Gasteiger partial charge in [0.05, 0.1) is 18.7 Å². The van der Waals surface area contributed by atoms with Crippen molar-refractivity contribution in [1.29, 1.82) is 0 Å². The molecule has 2 amide bonds. The second-order valence-corrected chi connectivity index (χ2v) is 6.17. The molecule has 0 radical (unpaired) electrons. The number of imide groups is 1. The molecule has 2 aromatic heterocycles. The molecule has 0 aliphatic carbocycles. The van der Waals surface area contributed by atoms with Crippen LogP contribution >= 0.6 is 0 Å². The highest BCUT2D eigenvalue weighted by Gasteiger charge is 2.31. The van der Waals surface area contributed by atoms with Gasteiger partial charge in [0.25, 0.3) is 0 Å². The van der Waals surface area contributed by atoms with Gasteiger partial charge < -0.3 is 9.15 Å². The first-order valence-electron chi connectivity index (χ1n) is 9.08. The number of esters is 1. The SMILES string of the molecule is CCCC(=O)OC[C@@H](CCC)C(=O)N(Cc1ccco1)C(=O)n1ccnc1. The van der Waals surface area contributed by atoms with Crippen LogP contribution in [0.3, 0.4) is 0 Å². The number of hydrogen-bond donors (Lipinski definition) is 0. The number of ether oxygens (including phenoxy) is 1. The first-order valence-corrected chi connectivity index (χ1v) is 9.08. The monoisotopic (exact) mass is 375 g/mol. The molecule has 2 rings (SSSR count). The van der Waals surface area contributed by atoms with E-state index in [1.807, 2.05) is 13.8 Å². The lowest BCUT2D eigenvalue weighted by Gasteiger charge is -2.25. The van der Waals surface area contributed by atoms with E-state index < -0.39 is 17.9 Å². The van der Waals surface area contributed by atoms with Crippen molar-refractivity contribution >= 4 is 17.9 Å². The summed E-state index contributed by atoms with van der Waals surface area (Å²) in [6.45, 7) is 3.76. The molecular weight excluding hydrogens is 350 g/mol. The fraction of sp³-hybridized carbons (Fsp3) is 0.474. The van der Waals surface area contributed by atoms with Crippen LogP contribution in [0.15, 0.2) is 41.5 Å². The molecule has 8 heteroatoms. The van der Waals surface area contributed by atoms with Gasteiger partial charge in [0.1, 0.15) is 18.7 Å². The summed E-state index contributed by atoms with van der Waals surface area (Å²) in [6.07, 6.45) is 7.95. The van der Waals surface area contributed by atoms with E-state index in [9.17, 15) is 14.4 Å². The van der Waals surface area contributed by atoms with E-state index in [1.165, 1.54) is 29.6 Å². The molecule has 0 saturated heterocycles. The number of furan rings is 1. The summed E-state index contributed by atoms with van der Waals surface area (Å²) >= 11 is 0. The highest BCUT2D eigenvalue weighted by molar-refractivity contribution is 5.96. The molecule has 27 heavy (non-hydrogen) atoms. The first kappa shape index (κ1) is 20.4. The highest BCUT2D eigenvalue weighted by atomic mass is 16.5. The fourth-order valence-corrected chi connectivity index (χ4v) is 2.63. The van der Waals surface area contributed by atoms with E-state index in [2.05, 4.69) is 4.98 Å². The van der Waals surface area contributed by atoms with Crippen LogP contribution < -0.4 is 0 Å². The highest BCUT2D eigenvalue weighted by Crippen LogP contribution is 2.16. The number of aromatic nitrogens is 2. The Kier molecular flexibility index (Phi) is 7.79. The third-order valence-corrected chi connectivity index (χ3v) is 4.00. The van der Waals surface area contributed by atoms with E-state index in [1.54, 1.807) is 12.1 Å². The minimum Gasteiger partial charge on any atom is -0.467 e. The molecule has 2 heterocycles. The summed E-state index contributed by atoms with van der Waals surface area (Å²) in [4.78, 5) is 42.5. The number of carbonyl (C=O) groups is 3. The Balaban J connectivity index is 2.18. The number of rotatable bonds is 9. The van der Waals surface area contributed by atoms with Gasteiger partial charge in [-0.3, -0.25) is 19.1 Å². The van der Waals surface area contributed by atoms with Gasteiger partial charge in [-0.25, -0.2) is 9.78 Å². The quantitative estimate of drug-likeness (QED) is 0.625. The van der Waals surface area contributed by atoms with E-state index in [-0.39, 0.29) is 19.1 Å². The van der Waals surface area contributed by atoms with Gasteiger partial charge in [0.2, 0.25) is 5.91 Å². The zero-order valence-electron chi connectivity index (χ0n) is 15.7. The van der Waals surface area contributed by atoms with Crippen LogP contribution in [0, 0.1) is 5.92 Å². The summed E-state index contributed by atoms with van der Waals surface area (Å²) in [5.41, 5.74) is 0. The molecule has 0 aliphatic heterocycles. The molecule has 2 aromatic rings. The lowest BCUT2D eigenvalue weighted by molar-refractivity contribution is -0.148. The van der Waals surface area contributed by atoms with E-state index >= 15 is 0 Å². The molecule has 0 aliphatic rings. The maximum atomic E-state index is 13.1. The summed E-state index contributed by atoms with van der Waals surface area (Å²) in [5.74, 6) is -0.866. The maximum absolute atomic E-state index is 13.1. The van der Waals surface area contributed by atoms with Crippen molar-refractivity contribution in [3.63, 3.8) is 0 Å². The summed E-state index contributed by atoms with van der Waals surface area (Å²) in [7, 11) is 0. The minimum atomic E-state index is -0.599. The molecule has 0 saturated carbocycles. The smallest absolute Gasteiger partial charge is 0.336 e. The van der Waals surface area contributed by atoms with Crippen LogP contribution in [0.1, 0.15) is 45.3 Å². The summed E-state index contributed by atoms with van der Waals surface area (Å²) < 4.78 is 11.8. The van der Waals surface area contributed by atoms with Crippen LogP contribution in [0.5, 0.6) is 0 Å². The lowest BCUT2D eigenvalue weighted by atomic mass is 10.0. The van der Waals surface area contributed by atoms with Gasteiger partial charge in [-0.05, 0) is 25.0 Å². The second kappa shape index (κ2) is 10.3. The predicted molar refractivity (Wildman–Crippen MR) is 96.5 cm³/mol. The zero-order chi connectivity index (χ0) is 19.6. The maximum Gasteiger partial charge on any atom is 0.336 e. The second-order valence-electron chi connectivity index (χ2n) is 6.17. The Bertz CT molecular complexity index is 725. The van der Waals surface area contributed by atoms with Gasteiger partial charge in [0.15, 0.2) is 0 Å². The topological polar surface area (TPSA) is 94.6 Å². The van der Waals surface area contributed by atoms with Crippen LogP contribution in [-0.2, 0) is 20.9 Å². The van der Waals surface area contributed by atoms with Gasteiger partial charge in [-0.15, -0.1) is 0 Å². The molecule has 1 atom stereocenters. The van der Waals surface area contributed by atoms with Crippen molar-refractivity contribution in [1.82, 2.24) is 14.5 Å². The molecular formula is C19H25N3O5. The van der Waals surface area contributed by atoms with Crippen LogP contribution in [0.2, 0.25) is 0 Å². The van der Waals surface area contributed by atoms with Crippen LogP contribution in [-0.4, -0.2) is 39.0 Å². The Hall–Kier alpha value is -2.90. The molecule has 0 aromatic carbocycles. The van der Waals surface area contributed by atoms with E-state index in [4.69, 9.17) is 9.15 Å². The number of amides is 2. The van der Waals surface area contributed by atoms with E-state index in [0.717, 1.165) is 11.3 Å². The fourth-order valence-electron chi connectivity index (χ4n) is 2.63. The predicted octanol–water partition coefficient (Wildman–Crippen LogP) is 3.23. The Morgan fingerprint density at radius 2 is 2.11 bits per heavy atom. The van der Waals surface area contributed by atoms with Crippen molar-refractivity contribution in [2.75, 3.05) is 6.61 Å². The van der Waals surface area contributed by atoms with E-state index in [0.29, 0.717) is 25.0 Å². The largest absolute Gasteiger partial charge is 0.467 e. The number of imidazole rings is 1. The van der Waals surface area contributed by atoms with Gasteiger partial charge in [-0.1, -0.05) is 20.3 Å². The Labute approximate surface area is 158 Å². The van der Waals surface area contributed by atoms with Crippen molar-refractivity contribution in [2.24, 2.45) is 5.92 Å². The van der Waals surface area contributed by atoms with Gasteiger partial charge in [0, 0.05) is 18.8 Å². The van der Waals surface area contributed by atoms with Crippen molar-refractivity contribution in [2.45, 2.75) is 46.1 Å². The third-order valence-electron chi connectivity index (χ3n) is 4.00. The number of hydrogen-bond acceptors (Lipinski definition) is 6. The van der Waals surface area contributed by atoms with Crippen molar-refractivity contribution in [3.05, 3.63) is 42.9 Å². The summed E-state index contributed by atoms with van der Waals surface area (Å²) in [6, 6.07) is 2.85. The van der Waals surface area contributed by atoms with Gasteiger partial charge >= 0.3 is 12.0 Å². The van der Waals surface area contributed by atoms with Gasteiger partial charge in [-0.2, -0.15) is 0 Å². The molecule has 8 nitrogen and oxygen atoms in total.